The molecule has 0 aromatic heterocycles. The van der Waals surface area contributed by atoms with Gasteiger partial charge in [0.05, 0.1) is 12.3 Å². The Morgan fingerprint density at radius 1 is 1.11 bits per heavy atom. The topological polar surface area (TPSA) is 62.2 Å². The van der Waals surface area contributed by atoms with Crippen molar-refractivity contribution in [2.45, 2.75) is 19.4 Å². The van der Waals surface area contributed by atoms with Gasteiger partial charge in [0.25, 0.3) is 5.91 Å². The van der Waals surface area contributed by atoms with E-state index in [0.717, 1.165) is 11.1 Å². The van der Waals surface area contributed by atoms with Gasteiger partial charge < -0.3 is 14.6 Å². The van der Waals surface area contributed by atoms with Crippen LogP contribution in [-0.2, 0) is 9.63 Å². The van der Waals surface area contributed by atoms with Gasteiger partial charge in [0, 0.05) is 26.1 Å². The first-order chi connectivity index (χ1) is 13.4. The lowest BCUT2D eigenvalue weighted by atomic mass is 9.99. The normalized spacial score (nSPS) is 17.6. The molecular weight excluding hydrogens is 354 g/mol. The number of hydrogen-bond donors (Lipinski definition) is 0. The van der Waals surface area contributed by atoms with Crippen molar-refractivity contribution in [1.82, 2.24) is 9.80 Å². The summed E-state index contributed by atoms with van der Waals surface area (Å²) in [5.41, 5.74) is 4.61. The maximum absolute atomic E-state index is 13.1. The monoisotopic (exact) mass is 379 g/mol. The van der Waals surface area contributed by atoms with Gasteiger partial charge >= 0.3 is 0 Å². The van der Waals surface area contributed by atoms with Crippen LogP contribution in [0.25, 0.3) is 11.1 Å². The molecule has 1 heterocycles. The molecular formula is C22H25N3O3. The third-order valence-corrected chi connectivity index (χ3v) is 4.95. The fourth-order valence-electron chi connectivity index (χ4n) is 3.49. The van der Waals surface area contributed by atoms with Crippen LogP contribution in [0.4, 0.5) is 0 Å². The number of carbonyl (C=O) groups excluding carboxylic acids is 2. The Morgan fingerprint density at radius 2 is 1.79 bits per heavy atom. The number of rotatable bonds is 4. The van der Waals surface area contributed by atoms with E-state index in [9.17, 15) is 9.59 Å². The second-order valence-electron chi connectivity index (χ2n) is 7.12. The molecule has 2 amide bonds. The van der Waals surface area contributed by atoms with E-state index in [4.69, 9.17) is 4.84 Å². The summed E-state index contributed by atoms with van der Waals surface area (Å²) >= 11 is 0. The van der Waals surface area contributed by atoms with E-state index in [1.807, 2.05) is 36.4 Å². The molecule has 1 atom stereocenters. The smallest absolute Gasteiger partial charge is 0.254 e. The lowest BCUT2D eigenvalue weighted by molar-refractivity contribution is -0.132. The van der Waals surface area contributed by atoms with Crippen molar-refractivity contribution >= 4 is 17.5 Å². The Labute approximate surface area is 165 Å². The zero-order chi connectivity index (χ0) is 20.3. The van der Waals surface area contributed by atoms with E-state index in [1.54, 1.807) is 19.0 Å². The van der Waals surface area contributed by atoms with Gasteiger partial charge in [-0.3, -0.25) is 9.59 Å². The molecule has 6 heteroatoms. The van der Waals surface area contributed by atoms with Gasteiger partial charge in [0.15, 0.2) is 0 Å². The van der Waals surface area contributed by atoms with Gasteiger partial charge in [-0.15, -0.1) is 0 Å². The van der Waals surface area contributed by atoms with Crippen LogP contribution < -0.4 is 0 Å². The highest BCUT2D eigenvalue weighted by Crippen LogP contribution is 2.25. The van der Waals surface area contributed by atoms with Crippen molar-refractivity contribution < 1.29 is 14.4 Å². The summed E-state index contributed by atoms with van der Waals surface area (Å²) in [6.45, 7) is 2.35. The molecule has 1 fully saturated rings. The minimum Gasteiger partial charge on any atom is -0.399 e. The van der Waals surface area contributed by atoms with Crippen molar-refractivity contribution in [3.05, 3.63) is 59.7 Å². The summed E-state index contributed by atoms with van der Waals surface area (Å²) < 4.78 is 0. The first-order valence-corrected chi connectivity index (χ1v) is 9.19. The number of hydrogen-bond acceptors (Lipinski definition) is 4. The molecule has 1 saturated heterocycles. The molecule has 0 saturated carbocycles. The SMILES string of the molecule is CON=C1C[C@@H](C(=O)N(C)C)N(C(=O)c2ccc(-c3ccccc3C)cc2)C1. The Hall–Kier alpha value is -3.15. The van der Waals surface area contributed by atoms with Crippen LogP contribution in [0.15, 0.2) is 53.7 Å². The maximum Gasteiger partial charge on any atom is 0.254 e. The summed E-state index contributed by atoms with van der Waals surface area (Å²) in [7, 11) is 4.84. The van der Waals surface area contributed by atoms with Crippen LogP contribution in [0.3, 0.4) is 0 Å². The first-order valence-electron chi connectivity index (χ1n) is 9.19. The minimum atomic E-state index is -0.563. The predicted molar refractivity (Wildman–Crippen MR) is 109 cm³/mol. The van der Waals surface area contributed by atoms with Crippen LogP contribution in [0, 0.1) is 6.92 Å². The number of oxime groups is 1. The summed E-state index contributed by atoms with van der Waals surface area (Å²) in [6.07, 6.45) is 0.387. The Bertz CT molecular complexity index is 903. The molecule has 0 N–H and O–H groups in total. The average Bonchev–Trinajstić information content (AvgIpc) is 3.11. The summed E-state index contributed by atoms with van der Waals surface area (Å²) in [6, 6.07) is 15.1. The van der Waals surface area contributed by atoms with Gasteiger partial charge in [-0.25, -0.2) is 0 Å². The largest absolute Gasteiger partial charge is 0.399 e. The zero-order valence-electron chi connectivity index (χ0n) is 16.7. The third kappa shape index (κ3) is 3.91. The molecule has 0 unspecified atom stereocenters. The van der Waals surface area contributed by atoms with Crippen molar-refractivity contribution in [3.63, 3.8) is 0 Å². The van der Waals surface area contributed by atoms with Crippen molar-refractivity contribution in [3.8, 4) is 11.1 Å². The van der Waals surface area contributed by atoms with E-state index < -0.39 is 6.04 Å². The van der Waals surface area contributed by atoms with Crippen LogP contribution in [0.5, 0.6) is 0 Å². The fourth-order valence-corrected chi connectivity index (χ4v) is 3.49. The molecule has 0 aliphatic carbocycles. The number of likely N-dealkylation sites (N-methyl/N-ethyl adjacent to an activating group) is 1. The Kier molecular flexibility index (Phi) is 5.78. The first kappa shape index (κ1) is 19.6. The van der Waals surface area contributed by atoms with Gasteiger partial charge in [0.1, 0.15) is 13.2 Å². The Morgan fingerprint density at radius 3 is 2.39 bits per heavy atom. The zero-order valence-corrected chi connectivity index (χ0v) is 16.7. The molecule has 1 aliphatic rings. The number of carbonyl (C=O) groups is 2. The van der Waals surface area contributed by atoms with Crippen molar-refractivity contribution in [2.75, 3.05) is 27.7 Å². The third-order valence-electron chi connectivity index (χ3n) is 4.95. The van der Waals surface area contributed by atoms with Crippen LogP contribution >= 0.6 is 0 Å². The van der Waals surface area contributed by atoms with E-state index in [2.05, 4.69) is 24.2 Å². The number of benzene rings is 2. The summed E-state index contributed by atoms with van der Waals surface area (Å²) in [5.74, 6) is -0.302. The molecule has 146 valence electrons. The summed E-state index contributed by atoms with van der Waals surface area (Å²) in [5, 5.41) is 3.96. The van der Waals surface area contributed by atoms with E-state index in [1.165, 1.54) is 17.6 Å². The van der Waals surface area contributed by atoms with Gasteiger partial charge in [-0.2, -0.15) is 0 Å². The molecule has 0 radical (unpaired) electrons. The lowest BCUT2D eigenvalue weighted by Gasteiger charge is -2.25. The van der Waals surface area contributed by atoms with Crippen LogP contribution in [0.2, 0.25) is 0 Å². The highest BCUT2D eigenvalue weighted by atomic mass is 16.6. The second-order valence-corrected chi connectivity index (χ2v) is 7.12. The van der Waals surface area contributed by atoms with Crippen molar-refractivity contribution in [2.24, 2.45) is 5.16 Å². The second kappa shape index (κ2) is 8.25. The number of likely N-dealkylation sites (tertiary alicyclic amines) is 1. The molecule has 2 aromatic carbocycles. The fraction of sp³-hybridized carbons (Fsp3) is 0.318. The van der Waals surface area contributed by atoms with Crippen molar-refractivity contribution in [1.29, 1.82) is 0 Å². The highest BCUT2D eigenvalue weighted by molar-refractivity contribution is 6.05. The number of aryl methyl sites for hydroxylation is 1. The lowest BCUT2D eigenvalue weighted by Crippen LogP contribution is -2.45. The molecule has 6 nitrogen and oxygen atoms in total. The van der Waals surface area contributed by atoms with E-state index >= 15 is 0 Å². The maximum atomic E-state index is 13.1. The minimum absolute atomic E-state index is 0.119. The molecule has 3 rings (SSSR count). The standard InChI is InChI=1S/C22H25N3O3/c1-15-7-5-6-8-19(15)16-9-11-17(12-10-16)21(26)25-14-18(23-28-4)13-20(25)22(27)24(2)3/h5-12,20H,13-14H2,1-4H3/t20-/m0/s1. The highest BCUT2D eigenvalue weighted by Gasteiger charge is 2.39. The molecule has 0 bridgehead atoms. The molecule has 2 aromatic rings. The predicted octanol–water partition coefficient (Wildman–Crippen LogP) is 2.97. The molecule has 28 heavy (non-hydrogen) atoms. The average molecular weight is 379 g/mol. The van der Waals surface area contributed by atoms with Crippen LogP contribution in [0.1, 0.15) is 22.3 Å². The van der Waals surface area contributed by atoms with Crippen LogP contribution in [-0.4, -0.2) is 61.1 Å². The van der Waals surface area contributed by atoms with Gasteiger partial charge in [0.2, 0.25) is 5.91 Å². The van der Waals surface area contributed by atoms with Gasteiger partial charge in [-0.05, 0) is 35.7 Å². The molecule has 1 aliphatic heterocycles. The molecule has 0 spiro atoms. The number of nitrogens with zero attached hydrogens (tertiary/aromatic N) is 3. The quantitative estimate of drug-likeness (QED) is 0.768. The van der Waals surface area contributed by atoms with Gasteiger partial charge in [-0.1, -0.05) is 41.6 Å². The number of amides is 2. The van der Waals surface area contributed by atoms with E-state index in [-0.39, 0.29) is 18.4 Å². The Balaban J connectivity index is 1.86. The summed E-state index contributed by atoms with van der Waals surface area (Å²) in [4.78, 5) is 33.6. The van der Waals surface area contributed by atoms with E-state index in [0.29, 0.717) is 17.7 Å².